The maximum atomic E-state index is 13.3. The molecule has 1 aromatic carbocycles. The van der Waals surface area contributed by atoms with Gasteiger partial charge in [0, 0.05) is 6.04 Å². The first-order valence-electron chi connectivity index (χ1n) is 5.39. The Bertz CT molecular complexity index is 347. The van der Waals surface area contributed by atoms with Gasteiger partial charge in [-0.15, -0.1) is 0 Å². The third-order valence-corrected chi connectivity index (χ3v) is 4.08. The first kappa shape index (κ1) is 11.1. The Kier molecular flexibility index (Phi) is 3.42. The molecule has 2 rings (SSSR count). The molecule has 0 radical (unpaired) electrons. The van der Waals surface area contributed by atoms with E-state index >= 15 is 0 Å². The van der Waals surface area contributed by atoms with E-state index in [1.54, 1.807) is 6.07 Å². The molecule has 0 heterocycles. The van der Waals surface area contributed by atoms with Crippen LogP contribution in [-0.2, 0) is 0 Å². The third kappa shape index (κ3) is 2.23. The Morgan fingerprint density at radius 1 is 1.33 bits per heavy atom. The molecule has 1 aromatic rings. The number of hydrogen-bond donors (Lipinski definition) is 1. The molecule has 1 atom stereocenters. The number of hydrogen-bond acceptors (Lipinski definition) is 1. The Balaban J connectivity index is 2.24. The van der Waals surface area contributed by atoms with Crippen molar-refractivity contribution in [2.24, 2.45) is 11.7 Å². The Labute approximate surface area is 98.0 Å². The zero-order valence-corrected chi connectivity index (χ0v) is 10.1. The molecular formula is C12H15BrFN. The van der Waals surface area contributed by atoms with Crippen LogP contribution in [0.4, 0.5) is 4.39 Å². The molecule has 2 N–H and O–H groups in total. The molecule has 82 valence electrons. The fourth-order valence-electron chi connectivity index (χ4n) is 2.35. The van der Waals surface area contributed by atoms with E-state index in [9.17, 15) is 4.39 Å². The van der Waals surface area contributed by atoms with Gasteiger partial charge in [-0.25, -0.2) is 4.39 Å². The highest BCUT2D eigenvalue weighted by Gasteiger charge is 2.25. The lowest BCUT2D eigenvalue weighted by Crippen LogP contribution is -2.19. The summed E-state index contributed by atoms with van der Waals surface area (Å²) >= 11 is 3.27. The lowest BCUT2D eigenvalue weighted by Gasteiger charge is -2.20. The van der Waals surface area contributed by atoms with Gasteiger partial charge in [0.15, 0.2) is 0 Å². The summed E-state index contributed by atoms with van der Waals surface area (Å²) in [5, 5.41) is 0. The zero-order chi connectivity index (χ0) is 10.8. The van der Waals surface area contributed by atoms with E-state index in [2.05, 4.69) is 15.9 Å². The maximum absolute atomic E-state index is 13.3. The molecule has 1 aliphatic carbocycles. The zero-order valence-electron chi connectivity index (χ0n) is 8.55. The van der Waals surface area contributed by atoms with Crippen molar-refractivity contribution >= 4 is 15.9 Å². The molecule has 0 amide bonds. The SMILES string of the molecule is N[C@H](c1cccc(F)c1Br)C1CCCC1. The Morgan fingerprint density at radius 3 is 2.67 bits per heavy atom. The highest BCUT2D eigenvalue weighted by Crippen LogP contribution is 2.37. The number of nitrogens with two attached hydrogens (primary N) is 1. The van der Waals surface area contributed by atoms with E-state index in [1.807, 2.05) is 6.07 Å². The second-order valence-corrected chi connectivity index (χ2v) is 5.01. The molecule has 0 spiro atoms. The summed E-state index contributed by atoms with van der Waals surface area (Å²) in [5.74, 6) is 0.295. The van der Waals surface area contributed by atoms with Crippen molar-refractivity contribution in [3.05, 3.63) is 34.1 Å². The number of halogens is 2. The van der Waals surface area contributed by atoms with Crippen molar-refractivity contribution in [3.63, 3.8) is 0 Å². The molecule has 0 aliphatic heterocycles. The highest BCUT2D eigenvalue weighted by molar-refractivity contribution is 9.10. The Morgan fingerprint density at radius 2 is 2.00 bits per heavy atom. The van der Waals surface area contributed by atoms with Crippen LogP contribution < -0.4 is 5.73 Å². The van der Waals surface area contributed by atoms with Crippen LogP contribution in [0.15, 0.2) is 22.7 Å². The van der Waals surface area contributed by atoms with Gasteiger partial charge in [-0.2, -0.15) is 0 Å². The first-order valence-corrected chi connectivity index (χ1v) is 6.19. The van der Waals surface area contributed by atoms with Crippen molar-refractivity contribution < 1.29 is 4.39 Å². The first-order chi connectivity index (χ1) is 7.20. The van der Waals surface area contributed by atoms with Gasteiger partial charge < -0.3 is 5.73 Å². The van der Waals surface area contributed by atoms with E-state index in [4.69, 9.17) is 5.73 Å². The lowest BCUT2D eigenvalue weighted by molar-refractivity contribution is 0.441. The van der Waals surface area contributed by atoms with Crippen LogP contribution in [0.5, 0.6) is 0 Å². The number of rotatable bonds is 2. The molecule has 1 saturated carbocycles. The second-order valence-electron chi connectivity index (χ2n) is 4.21. The van der Waals surface area contributed by atoms with E-state index in [0.717, 1.165) is 5.56 Å². The molecule has 1 aliphatic rings. The van der Waals surface area contributed by atoms with Crippen LogP contribution in [0, 0.1) is 11.7 Å². The van der Waals surface area contributed by atoms with Crippen LogP contribution in [0.2, 0.25) is 0 Å². The molecule has 15 heavy (non-hydrogen) atoms. The predicted molar refractivity (Wildman–Crippen MR) is 63.0 cm³/mol. The number of benzene rings is 1. The molecule has 1 nitrogen and oxygen atoms in total. The quantitative estimate of drug-likeness (QED) is 0.871. The second kappa shape index (κ2) is 4.62. The topological polar surface area (TPSA) is 26.0 Å². The average molecular weight is 272 g/mol. The van der Waals surface area contributed by atoms with Crippen LogP contribution in [-0.4, -0.2) is 0 Å². The molecule has 0 saturated heterocycles. The van der Waals surface area contributed by atoms with Crippen LogP contribution >= 0.6 is 15.9 Å². The van der Waals surface area contributed by atoms with Gasteiger partial charge in [0.25, 0.3) is 0 Å². The third-order valence-electron chi connectivity index (χ3n) is 3.25. The monoisotopic (exact) mass is 271 g/mol. The van der Waals surface area contributed by atoms with E-state index in [1.165, 1.54) is 31.7 Å². The molecule has 0 unspecified atom stereocenters. The minimum atomic E-state index is -0.221. The van der Waals surface area contributed by atoms with Gasteiger partial charge in [-0.05, 0) is 46.3 Å². The summed E-state index contributed by atoms with van der Waals surface area (Å²) in [6.45, 7) is 0. The van der Waals surface area contributed by atoms with Crippen LogP contribution in [0.3, 0.4) is 0 Å². The standard InChI is InChI=1S/C12H15BrFN/c13-11-9(6-3-7-10(11)14)12(15)8-4-1-2-5-8/h3,6-8,12H,1-2,4-5,15H2/t12-/m0/s1. The summed E-state index contributed by atoms with van der Waals surface area (Å²) < 4.78 is 13.9. The fourth-order valence-corrected chi connectivity index (χ4v) is 2.88. The minimum absolute atomic E-state index is 0.0300. The summed E-state index contributed by atoms with van der Waals surface area (Å²) in [7, 11) is 0. The molecule has 1 fully saturated rings. The fraction of sp³-hybridized carbons (Fsp3) is 0.500. The minimum Gasteiger partial charge on any atom is -0.324 e. The highest BCUT2D eigenvalue weighted by atomic mass is 79.9. The van der Waals surface area contributed by atoms with Crippen molar-refractivity contribution in [2.75, 3.05) is 0 Å². The molecule has 3 heteroatoms. The predicted octanol–water partition coefficient (Wildman–Crippen LogP) is 3.78. The summed E-state index contributed by atoms with van der Waals surface area (Å²) in [6.07, 6.45) is 4.85. The van der Waals surface area contributed by atoms with E-state index in [0.29, 0.717) is 10.4 Å². The molecule has 0 bridgehead atoms. The van der Waals surface area contributed by atoms with Gasteiger partial charge in [-0.1, -0.05) is 25.0 Å². The van der Waals surface area contributed by atoms with Crippen molar-refractivity contribution in [1.82, 2.24) is 0 Å². The molecular weight excluding hydrogens is 257 g/mol. The normalized spacial score (nSPS) is 19.4. The molecule has 0 aromatic heterocycles. The van der Waals surface area contributed by atoms with Gasteiger partial charge in [0.1, 0.15) is 5.82 Å². The average Bonchev–Trinajstić information content (AvgIpc) is 2.74. The van der Waals surface area contributed by atoms with Crippen LogP contribution in [0.25, 0.3) is 0 Å². The van der Waals surface area contributed by atoms with Gasteiger partial charge >= 0.3 is 0 Å². The van der Waals surface area contributed by atoms with E-state index in [-0.39, 0.29) is 11.9 Å². The Hall–Kier alpha value is -0.410. The van der Waals surface area contributed by atoms with Crippen molar-refractivity contribution in [2.45, 2.75) is 31.7 Å². The summed E-state index contributed by atoms with van der Waals surface area (Å²) in [4.78, 5) is 0. The maximum Gasteiger partial charge on any atom is 0.137 e. The van der Waals surface area contributed by atoms with Gasteiger partial charge in [-0.3, -0.25) is 0 Å². The van der Waals surface area contributed by atoms with Crippen molar-refractivity contribution in [1.29, 1.82) is 0 Å². The van der Waals surface area contributed by atoms with Gasteiger partial charge in [0.2, 0.25) is 0 Å². The summed E-state index contributed by atoms with van der Waals surface area (Å²) in [5.41, 5.74) is 7.08. The van der Waals surface area contributed by atoms with Crippen molar-refractivity contribution in [3.8, 4) is 0 Å². The van der Waals surface area contributed by atoms with E-state index < -0.39 is 0 Å². The van der Waals surface area contributed by atoms with Crippen LogP contribution in [0.1, 0.15) is 37.3 Å². The smallest absolute Gasteiger partial charge is 0.137 e. The summed E-state index contributed by atoms with van der Waals surface area (Å²) in [6, 6.07) is 5.06. The lowest BCUT2D eigenvalue weighted by atomic mass is 9.92. The van der Waals surface area contributed by atoms with Gasteiger partial charge in [0.05, 0.1) is 4.47 Å². The largest absolute Gasteiger partial charge is 0.324 e.